The minimum Gasteiger partial charge on any atom is -0.346 e. The van der Waals surface area contributed by atoms with Gasteiger partial charge in [0.1, 0.15) is 5.69 Å². The Hall–Kier alpha value is -2.45. The summed E-state index contributed by atoms with van der Waals surface area (Å²) in [6.45, 7) is 0.692. The van der Waals surface area contributed by atoms with Crippen LogP contribution in [0.25, 0.3) is 11.4 Å². The standard InChI is InChI=1S/C17H20F2N4O3/c1-22-8-11(14-20-16(25)26-21-14)7-13(22)15(24)23-6-4-12-10(9-23)3-2-5-17(12,18)19/h7-8,10,12H,2-6,9H2,1H3,(H,20,21,25)/t10-,12-/m1/s1. The molecule has 0 bridgehead atoms. The van der Waals surface area contributed by atoms with Gasteiger partial charge in [-0.2, -0.15) is 0 Å². The molecule has 1 saturated heterocycles. The van der Waals surface area contributed by atoms with Crippen LogP contribution in [0.15, 0.2) is 21.6 Å². The van der Waals surface area contributed by atoms with Crippen LogP contribution in [0.5, 0.6) is 0 Å². The van der Waals surface area contributed by atoms with Crippen molar-refractivity contribution in [3.8, 4) is 11.4 Å². The molecule has 9 heteroatoms. The summed E-state index contributed by atoms with van der Waals surface area (Å²) in [5, 5.41) is 3.62. The van der Waals surface area contributed by atoms with Crippen LogP contribution in [0.3, 0.4) is 0 Å². The molecule has 3 heterocycles. The lowest BCUT2D eigenvalue weighted by Crippen LogP contribution is -2.51. The van der Waals surface area contributed by atoms with Gasteiger partial charge in [-0.3, -0.25) is 14.3 Å². The molecule has 0 radical (unpaired) electrons. The van der Waals surface area contributed by atoms with Crippen LogP contribution >= 0.6 is 0 Å². The van der Waals surface area contributed by atoms with E-state index in [1.54, 1.807) is 28.8 Å². The molecule has 1 aliphatic carbocycles. The second kappa shape index (κ2) is 6.07. The van der Waals surface area contributed by atoms with E-state index in [4.69, 9.17) is 0 Å². The summed E-state index contributed by atoms with van der Waals surface area (Å²) in [4.78, 5) is 28.1. The van der Waals surface area contributed by atoms with Crippen LogP contribution in [0.1, 0.15) is 36.2 Å². The summed E-state index contributed by atoms with van der Waals surface area (Å²) in [6.07, 6.45) is 3.20. The molecule has 2 atom stereocenters. The van der Waals surface area contributed by atoms with Gasteiger partial charge >= 0.3 is 5.76 Å². The highest BCUT2D eigenvalue weighted by Crippen LogP contribution is 2.46. The first-order chi connectivity index (χ1) is 12.3. The van der Waals surface area contributed by atoms with Crippen molar-refractivity contribution in [3.05, 3.63) is 28.5 Å². The summed E-state index contributed by atoms with van der Waals surface area (Å²) in [5.74, 6) is -4.01. The molecular formula is C17H20F2N4O3. The SMILES string of the molecule is Cn1cc(-c2noc(=O)[nH]2)cc1C(=O)N1CC[C@@H]2[C@H](CCCC2(F)F)C1. The summed E-state index contributed by atoms with van der Waals surface area (Å²) in [7, 11) is 1.72. The van der Waals surface area contributed by atoms with E-state index in [2.05, 4.69) is 14.7 Å². The lowest BCUT2D eigenvalue weighted by molar-refractivity contribution is -0.127. The fourth-order valence-corrected chi connectivity index (χ4v) is 4.27. The maximum absolute atomic E-state index is 14.1. The number of aromatic nitrogens is 3. The molecule has 1 amide bonds. The Bertz CT molecular complexity index is 885. The number of rotatable bonds is 2. The Labute approximate surface area is 148 Å². The van der Waals surface area contributed by atoms with Crippen molar-refractivity contribution in [2.45, 2.75) is 31.6 Å². The number of carbonyl (C=O) groups excluding carboxylic acids is 1. The second-order valence-electron chi connectivity index (χ2n) is 7.23. The molecule has 2 aliphatic rings. The molecule has 0 spiro atoms. The third kappa shape index (κ3) is 2.85. The highest BCUT2D eigenvalue weighted by molar-refractivity contribution is 5.94. The average Bonchev–Trinajstić information content (AvgIpc) is 3.19. The number of piperidine rings is 1. The first-order valence-electron chi connectivity index (χ1n) is 8.75. The van der Waals surface area contributed by atoms with E-state index in [1.807, 2.05) is 0 Å². The van der Waals surface area contributed by atoms with Gasteiger partial charge in [0.25, 0.3) is 11.8 Å². The second-order valence-corrected chi connectivity index (χ2v) is 7.23. The molecule has 2 fully saturated rings. The third-order valence-electron chi connectivity index (χ3n) is 5.59. The maximum Gasteiger partial charge on any atom is 0.439 e. The summed E-state index contributed by atoms with van der Waals surface area (Å²) in [6, 6.07) is 1.62. The van der Waals surface area contributed by atoms with E-state index in [0.717, 1.165) is 6.42 Å². The number of aromatic amines is 1. The molecule has 0 aromatic carbocycles. The average molecular weight is 366 g/mol. The van der Waals surface area contributed by atoms with Gasteiger partial charge in [0, 0.05) is 44.2 Å². The topological polar surface area (TPSA) is 84.1 Å². The number of carbonyl (C=O) groups is 1. The minimum atomic E-state index is -2.62. The number of halogens is 2. The van der Waals surface area contributed by atoms with Crippen LogP contribution < -0.4 is 5.76 Å². The van der Waals surface area contributed by atoms with Crippen molar-refractivity contribution in [1.29, 1.82) is 0 Å². The quantitative estimate of drug-likeness (QED) is 0.884. The summed E-state index contributed by atoms with van der Waals surface area (Å²) in [5.41, 5.74) is 0.977. The molecule has 0 unspecified atom stereocenters. The molecule has 140 valence electrons. The van der Waals surface area contributed by atoms with Gasteiger partial charge in [0.2, 0.25) is 0 Å². The normalized spacial score (nSPS) is 25.1. The fraction of sp³-hybridized carbons (Fsp3) is 0.588. The number of nitrogens with zero attached hydrogens (tertiary/aromatic N) is 3. The number of likely N-dealkylation sites (tertiary alicyclic amines) is 1. The lowest BCUT2D eigenvalue weighted by atomic mass is 9.72. The Morgan fingerprint density at radius 1 is 1.42 bits per heavy atom. The number of hydrogen-bond acceptors (Lipinski definition) is 4. The van der Waals surface area contributed by atoms with Crippen molar-refractivity contribution in [3.63, 3.8) is 0 Å². The first kappa shape index (κ1) is 17.0. The van der Waals surface area contributed by atoms with Gasteiger partial charge in [-0.15, -0.1) is 0 Å². The number of fused-ring (bicyclic) bond motifs is 1. The van der Waals surface area contributed by atoms with Gasteiger partial charge in [-0.05, 0) is 31.2 Å². The van der Waals surface area contributed by atoms with Gasteiger partial charge < -0.3 is 9.47 Å². The zero-order valence-electron chi connectivity index (χ0n) is 14.4. The molecule has 2 aromatic rings. The monoisotopic (exact) mass is 366 g/mol. The molecule has 26 heavy (non-hydrogen) atoms. The number of aryl methyl sites for hydroxylation is 1. The number of H-pyrrole nitrogens is 1. The van der Waals surface area contributed by atoms with E-state index < -0.39 is 17.6 Å². The molecule has 1 saturated carbocycles. The summed E-state index contributed by atoms with van der Waals surface area (Å²) < 4.78 is 34.3. The molecule has 4 rings (SSSR count). The largest absolute Gasteiger partial charge is 0.439 e. The van der Waals surface area contributed by atoms with E-state index in [0.29, 0.717) is 37.2 Å². The van der Waals surface area contributed by atoms with Gasteiger partial charge in [0.05, 0.1) is 0 Å². The van der Waals surface area contributed by atoms with Crippen LogP contribution in [0, 0.1) is 11.8 Å². The molecule has 1 N–H and O–H groups in total. The molecule has 7 nitrogen and oxygen atoms in total. The van der Waals surface area contributed by atoms with Crippen LogP contribution in [0.4, 0.5) is 8.78 Å². The highest BCUT2D eigenvalue weighted by Gasteiger charge is 2.49. The smallest absolute Gasteiger partial charge is 0.346 e. The predicted octanol–water partition coefficient (Wildman–Crippen LogP) is 2.27. The van der Waals surface area contributed by atoms with E-state index in [1.165, 1.54) is 0 Å². The Morgan fingerprint density at radius 3 is 2.96 bits per heavy atom. The van der Waals surface area contributed by atoms with Crippen molar-refractivity contribution < 1.29 is 18.1 Å². The summed E-state index contributed by atoms with van der Waals surface area (Å²) >= 11 is 0. The van der Waals surface area contributed by atoms with Gasteiger partial charge in [-0.25, -0.2) is 13.6 Å². The predicted molar refractivity (Wildman–Crippen MR) is 87.8 cm³/mol. The molecular weight excluding hydrogens is 346 g/mol. The van der Waals surface area contributed by atoms with Crippen molar-refractivity contribution in [2.75, 3.05) is 13.1 Å². The highest BCUT2D eigenvalue weighted by atomic mass is 19.3. The van der Waals surface area contributed by atoms with Crippen molar-refractivity contribution >= 4 is 5.91 Å². The number of alkyl halides is 2. The van der Waals surface area contributed by atoms with E-state index in [9.17, 15) is 18.4 Å². The van der Waals surface area contributed by atoms with Crippen molar-refractivity contribution in [2.24, 2.45) is 18.9 Å². The Morgan fingerprint density at radius 2 is 2.23 bits per heavy atom. The van der Waals surface area contributed by atoms with Crippen LogP contribution in [0.2, 0.25) is 0 Å². The number of hydrogen-bond donors (Lipinski definition) is 1. The number of amides is 1. The van der Waals surface area contributed by atoms with E-state index in [-0.39, 0.29) is 24.1 Å². The van der Waals surface area contributed by atoms with Crippen LogP contribution in [-0.2, 0) is 7.05 Å². The third-order valence-corrected chi connectivity index (χ3v) is 5.59. The lowest BCUT2D eigenvalue weighted by Gasteiger charge is -2.44. The van der Waals surface area contributed by atoms with E-state index >= 15 is 0 Å². The van der Waals surface area contributed by atoms with Crippen LogP contribution in [-0.4, -0.2) is 44.5 Å². The minimum absolute atomic E-state index is 0.0425. The van der Waals surface area contributed by atoms with Gasteiger partial charge in [0.15, 0.2) is 5.82 Å². The molecule has 2 aromatic heterocycles. The van der Waals surface area contributed by atoms with Crippen molar-refractivity contribution in [1.82, 2.24) is 19.6 Å². The molecule has 1 aliphatic heterocycles. The number of nitrogens with one attached hydrogen (secondary N) is 1. The Balaban J connectivity index is 1.53. The van der Waals surface area contributed by atoms with Gasteiger partial charge in [-0.1, -0.05) is 5.16 Å². The zero-order chi connectivity index (χ0) is 18.5. The zero-order valence-corrected chi connectivity index (χ0v) is 14.4. The maximum atomic E-state index is 14.1. The Kier molecular flexibility index (Phi) is 3.96. The first-order valence-corrected chi connectivity index (χ1v) is 8.75. The fourth-order valence-electron chi connectivity index (χ4n) is 4.27.